The summed E-state index contributed by atoms with van der Waals surface area (Å²) >= 11 is 0. The van der Waals surface area contributed by atoms with Gasteiger partial charge in [-0.2, -0.15) is 0 Å². The van der Waals surface area contributed by atoms with E-state index in [4.69, 9.17) is 0 Å². The molecule has 0 unspecified atom stereocenters. The van der Waals surface area contributed by atoms with Crippen molar-refractivity contribution < 1.29 is 13.2 Å². The zero-order chi connectivity index (χ0) is 17.5. The summed E-state index contributed by atoms with van der Waals surface area (Å²) in [5.41, 5.74) is 0.0738. The molecule has 0 spiro atoms. The zero-order valence-corrected chi connectivity index (χ0v) is 15.3. The van der Waals surface area contributed by atoms with Gasteiger partial charge in [-0.3, -0.25) is 4.79 Å². The lowest BCUT2D eigenvalue weighted by atomic mass is 10.1. The van der Waals surface area contributed by atoms with Gasteiger partial charge >= 0.3 is 0 Å². The van der Waals surface area contributed by atoms with Crippen LogP contribution in [0.3, 0.4) is 0 Å². The molecule has 0 saturated heterocycles. The number of anilines is 1. The lowest BCUT2D eigenvalue weighted by Gasteiger charge is -2.20. The number of benzene rings is 1. The number of hydrogen-bond donors (Lipinski definition) is 2. The highest BCUT2D eigenvalue weighted by molar-refractivity contribution is 7.89. The van der Waals surface area contributed by atoms with Gasteiger partial charge < -0.3 is 5.32 Å². The largest absolute Gasteiger partial charge is 0.326 e. The van der Waals surface area contributed by atoms with Crippen LogP contribution in [0.1, 0.15) is 59.8 Å². The van der Waals surface area contributed by atoms with Crippen molar-refractivity contribution in [3.05, 3.63) is 24.3 Å². The molecule has 1 aromatic rings. The second kappa shape index (κ2) is 8.45. The molecule has 1 aromatic carbocycles. The summed E-state index contributed by atoms with van der Waals surface area (Å²) in [4.78, 5) is 12.0. The summed E-state index contributed by atoms with van der Waals surface area (Å²) in [5.74, 6) is -0.0375. The molecular weight excluding hydrogens is 312 g/mol. The van der Waals surface area contributed by atoms with E-state index in [9.17, 15) is 13.2 Å². The second-order valence-corrected chi connectivity index (χ2v) is 8.42. The summed E-state index contributed by atoms with van der Waals surface area (Å²) < 4.78 is 27.0. The van der Waals surface area contributed by atoms with Crippen molar-refractivity contribution >= 4 is 21.6 Å². The van der Waals surface area contributed by atoms with Gasteiger partial charge in [-0.25, -0.2) is 13.1 Å². The molecule has 130 valence electrons. The number of carbonyl (C=O) groups excluding carboxylic acids is 1. The van der Waals surface area contributed by atoms with Crippen LogP contribution in [0.4, 0.5) is 5.69 Å². The summed E-state index contributed by atoms with van der Waals surface area (Å²) in [6.07, 6.45) is 4.70. The molecule has 0 aliphatic heterocycles. The molecule has 23 heavy (non-hydrogen) atoms. The van der Waals surface area contributed by atoms with Crippen molar-refractivity contribution in [2.45, 2.75) is 70.2 Å². The molecule has 0 radical (unpaired) electrons. The Bertz CT molecular complexity index is 602. The average Bonchev–Trinajstić information content (AvgIpc) is 2.42. The number of nitrogens with one attached hydrogen (secondary N) is 2. The highest BCUT2D eigenvalue weighted by Gasteiger charge is 2.21. The van der Waals surface area contributed by atoms with Gasteiger partial charge in [0.05, 0.1) is 4.90 Å². The predicted octanol–water partition coefficient (Wildman–Crippen LogP) is 3.67. The van der Waals surface area contributed by atoms with E-state index in [0.717, 1.165) is 25.7 Å². The minimum Gasteiger partial charge on any atom is -0.326 e. The Kier molecular flexibility index (Phi) is 7.22. The number of hydrogen-bond acceptors (Lipinski definition) is 3. The van der Waals surface area contributed by atoms with Gasteiger partial charge in [-0.15, -0.1) is 0 Å². The molecule has 0 aliphatic rings. The summed E-state index contributed by atoms with van der Waals surface area (Å²) in [5, 5.41) is 2.79. The van der Waals surface area contributed by atoms with E-state index in [-0.39, 0.29) is 10.8 Å². The first-order valence-corrected chi connectivity index (χ1v) is 9.56. The fourth-order valence-corrected chi connectivity index (χ4v) is 3.53. The van der Waals surface area contributed by atoms with Crippen molar-refractivity contribution in [3.63, 3.8) is 0 Å². The third kappa shape index (κ3) is 7.61. The molecule has 0 heterocycles. The molecule has 0 bridgehead atoms. The number of unbranched alkanes of at least 4 members (excludes halogenated alkanes) is 3. The smallest absolute Gasteiger partial charge is 0.241 e. The minimum absolute atomic E-state index is 0.0375. The first kappa shape index (κ1) is 19.6. The fraction of sp³-hybridized carbons (Fsp3) is 0.588. The van der Waals surface area contributed by atoms with Crippen LogP contribution in [0.25, 0.3) is 0 Å². The van der Waals surface area contributed by atoms with E-state index in [1.165, 1.54) is 12.1 Å². The van der Waals surface area contributed by atoms with Crippen LogP contribution >= 0.6 is 0 Å². The fourth-order valence-electron chi connectivity index (χ4n) is 2.12. The van der Waals surface area contributed by atoms with E-state index in [2.05, 4.69) is 17.0 Å². The Labute approximate surface area is 139 Å². The third-order valence-corrected chi connectivity index (χ3v) is 4.92. The van der Waals surface area contributed by atoms with Gasteiger partial charge in [0.2, 0.25) is 15.9 Å². The van der Waals surface area contributed by atoms with E-state index in [0.29, 0.717) is 12.1 Å². The standard InChI is InChI=1S/C17H28N2O3S/c1-5-6-7-8-9-16(20)18-14-10-12-15(13-11-14)23(21,22)19-17(2,3)4/h10-13,19H,5-9H2,1-4H3,(H,18,20). The quantitative estimate of drug-likeness (QED) is 0.709. The Balaban J connectivity index is 2.61. The number of carbonyl (C=O) groups is 1. The zero-order valence-electron chi connectivity index (χ0n) is 14.5. The maximum Gasteiger partial charge on any atom is 0.241 e. The second-order valence-electron chi connectivity index (χ2n) is 6.74. The topological polar surface area (TPSA) is 75.3 Å². The Morgan fingerprint density at radius 1 is 1.04 bits per heavy atom. The van der Waals surface area contributed by atoms with Gasteiger partial charge in [-0.05, 0) is 51.5 Å². The lowest BCUT2D eigenvalue weighted by Crippen LogP contribution is -2.40. The summed E-state index contributed by atoms with van der Waals surface area (Å²) in [6.45, 7) is 7.50. The maximum atomic E-state index is 12.2. The van der Waals surface area contributed by atoms with Gasteiger partial charge in [0.25, 0.3) is 0 Å². The normalized spacial score (nSPS) is 12.2. The predicted molar refractivity (Wildman–Crippen MR) is 93.9 cm³/mol. The van der Waals surface area contributed by atoms with Crippen molar-refractivity contribution in [2.75, 3.05) is 5.32 Å². The van der Waals surface area contributed by atoms with E-state index < -0.39 is 15.6 Å². The van der Waals surface area contributed by atoms with Crippen LogP contribution in [0.2, 0.25) is 0 Å². The van der Waals surface area contributed by atoms with E-state index >= 15 is 0 Å². The Hall–Kier alpha value is -1.40. The van der Waals surface area contributed by atoms with Crippen molar-refractivity contribution in [1.82, 2.24) is 4.72 Å². The van der Waals surface area contributed by atoms with Gasteiger partial charge in [0.15, 0.2) is 0 Å². The van der Waals surface area contributed by atoms with Crippen molar-refractivity contribution in [3.8, 4) is 0 Å². The van der Waals surface area contributed by atoms with Gasteiger partial charge in [0, 0.05) is 17.6 Å². The highest BCUT2D eigenvalue weighted by Crippen LogP contribution is 2.16. The third-order valence-electron chi connectivity index (χ3n) is 3.15. The number of amides is 1. The summed E-state index contributed by atoms with van der Waals surface area (Å²) in [6, 6.07) is 6.23. The molecule has 0 saturated carbocycles. The summed E-state index contributed by atoms with van der Waals surface area (Å²) in [7, 11) is -3.55. The van der Waals surface area contributed by atoms with Crippen LogP contribution < -0.4 is 10.0 Å². The van der Waals surface area contributed by atoms with Crippen LogP contribution in [0.5, 0.6) is 0 Å². The highest BCUT2D eigenvalue weighted by atomic mass is 32.2. The van der Waals surface area contributed by atoms with Crippen LogP contribution in [0.15, 0.2) is 29.2 Å². The molecule has 0 aromatic heterocycles. The first-order valence-electron chi connectivity index (χ1n) is 8.08. The molecule has 5 nitrogen and oxygen atoms in total. The SMILES string of the molecule is CCCCCCC(=O)Nc1ccc(S(=O)(=O)NC(C)(C)C)cc1. The first-order chi connectivity index (χ1) is 10.6. The minimum atomic E-state index is -3.55. The lowest BCUT2D eigenvalue weighted by molar-refractivity contribution is -0.116. The van der Waals surface area contributed by atoms with Gasteiger partial charge in [-0.1, -0.05) is 26.2 Å². The van der Waals surface area contributed by atoms with Crippen LogP contribution in [-0.4, -0.2) is 19.9 Å². The molecule has 2 N–H and O–H groups in total. The van der Waals surface area contributed by atoms with Gasteiger partial charge in [0.1, 0.15) is 0 Å². The van der Waals surface area contributed by atoms with Crippen LogP contribution in [-0.2, 0) is 14.8 Å². The van der Waals surface area contributed by atoms with Crippen LogP contribution in [0, 0.1) is 0 Å². The van der Waals surface area contributed by atoms with Crippen molar-refractivity contribution in [2.24, 2.45) is 0 Å². The molecule has 0 fully saturated rings. The molecule has 0 atom stereocenters. The molecule has 6 heteroatoms. The molecule has 1 amide bonds. The Morgan fingerprint density at radius 2 is 1.65 bits per heavy atom. The van der Waals surface area contributed by atoms with E-state index in [1.54, 1.807) is 32.9 Å². The maximum absolute atomic E-state index is 12.2. The molecular formula is C17H28N2O3S. The number of rotatable bonds is 8. The Morgan fingerprint density at radius 3 is 2.17 bits per heavy atom. The molecule has 1 rings (SSSR count). The average molecular weight is 340 g/mol. The van der Waals surface area contributed by atoms with Crippen molar-refractivity contribution in [1.29, 1.82) is 0 Å². The molecule has 0 aliphatic carbocycles. The van der Waals surface area contributed by atoms with E-state index in [1.807, 2.05) is 0 Å². The monoisotopic (exact) mass is 340 g/mol. The number of sulfonamides is 1.